The van der Waals surface area contributed by atoms with Crippen LogP contribution in [0, 0.1) is 13.8 Å². The minimum atomic E-state index is -3.69. The predicted octanol–water partition coefficient (Wildman–Crippen LogP) is 3.99. The predicted molar refractivity (Wildman–Crippen MR) is 111 cm³/mol. The van der Waals surface area contributed by atoms with E-state index in [4.69, 9.17) is 11.6 Å². The first-order valence-electron chi connectivity index (χ1n) is 8.63. The highest BCUT2D eigenvalue weighted by Gasteiger charge is 2.31. The lowest BCUT2D eigenvalue weighted by Crippen LogP contribution is -2.48. The first-order valence-corrected chi connectivity index (χ1v) is 10.9. The maximum Gasteiger partial charge on any atom is 0.244 e. The summed E-state index contributed by atoms with van der Waals surface area (Å²) in [5.41, 5.74) is 3.20. The van der Waals surface area contributed by atoms with Gasteiger partial charge in [-0.3, -0.25) is 9.10 Å². The van der Waals surface area contributed by atoms with Crippen molar-refractivity contribution in [3.63, 3.8) is 0 Å². The fourth-order valence-corrected chi connectivity index (χ4v) is 4.26. The monoisotopic (exact) mass is 408 g/mol. The van der Waals surface area contributed by atoms with E-state index < -0.39 is 16.1 Å². The summed E-state index contributed by atoms with van der Waals surface area (Å²) in [5, 5.41) is 3.30. The third kappa shape index (κ3) is 5.23. The zero-order valence-electron chi connectivity index (χ0n) is 16.2. The molecule has 146 valence electrons. The molecule has 2 aromatic carbocycles. The lowest BCUT2D eigenvalue weighted by Gasteiger charge is -2.30. The molecular weight excluding hydrogens is 384 g/mol. The van der Waals surface area contributed by atoms with Crippen molar-refractivity contribution in [2.75, 3.05) is 10.6 Å². The number of amides is 1. The van der Waals surface area contributed by atoms with Gasteiger partial charge < -0.3 is 5.32 Å². The van der Waals surface area contributed by atoms with E-state index in [0.29, 0.717) is 10.7 Å². The average Bonchev–Trinajstić information content (AvgIpc) is 2.57. The number of anilines is 1. The second-order valence-electron chi connectivity index (χ2n) is 6.81. The molecule has 27 heavy (non-hydrogen) atoms. The summed E-state index contributed by atoms with van der Waals surface area (Å²) in [6, 6.07) is 11.6. The molecule has 0 aliphatic carbocycles. The Hall–Kier alpha value is -2.05. The van der Waals surface area contributed by atoms with Gasteiger partial charge in [0.15, 0.2) is 0 Å². The van der Waals surface area contributed by atoms with Gasteiger partial charge in [-0.1, -0.05) is 47.5 Å². The molecule has 0 heterocycles. The molecule has 2 atom stereocenters. The van der Waals surface area contributed by atoms with Crippen molar-refractivity contribution >= 4 is 33.2 Å². The second-order valence-corrected chi connectivity index (χ2v) is 9.10. The number of halogens is 1. The topological polar surface area (TPSA) is 66.5 Å². The highest BCUT2D eigenvalue weighted by atomic mass is 35.5. The van der Waals surface area contributed by atoms with Gasteiger partial charge >= 0.3 is 0 Å². The normalized spacial score (nSPS) is 13.7. The summed E-state index contributed by atoms with van der Waals surface area (Å²) in [4.78, 5) is 12.8. The van der Waals surface area contributed by atoms with Crippen molar-refractivity contribution in [1.29, 1.82) is 0 Å². The maximum absolute atomic E-state index is 12.8. The van der Waals surface area contributed by atoms with Crippen LogP contribution in [0.15, 0.2) is 42.5 Å². The van der Waals surface area contributed by atoms with Crippen molar-refractivity contribution in [1.82, 2.24) is 5.32 Å². The molecule has 0 radical (unpaired) electrons. The van der Waals surface area contributed by atoms with Crippen LogP contribution in [0.1, 0.15) is 36.6 Å². The minimum Gasteiger partial charge on any atom is -0.348 e. The van der Waals surface area contributed by atoms with Crippen LogP contribution >= 0.6 is 11.6 Å². The van der Waals surface area contributed by atoms with Crippen molar-refractivity contribution in [3.8, 4) is 0 Å². The van der Waals surface area contributed by atoms with Crippen molar-refractivity contribution < 1.29 is 13.2 Å². The van der Waals surface area contributed by atoms with Crippen LogP contribution in [0.25, 0.3) is 0 Å². The van der Waals surface area contributed by atoms with Crippen molar-refractivity contribution in [3.05, 3.63) is 64.2 Å². The summed E-state index contributed by atoms with van der Waals surface area (Å²) >= 11 is 6.05. The lowest BCUT2D eigenvalue weighted by atomic mass is 10.1. The molecule has 2 aromatic rings. The van der Waals surface area contributed by atoms with Crippen molar-refractivity contribution in [2.45, 2.75) is 39.8 Å². The Morgan fingerprint density at radius 1 is 1.07 bits per heavy atom. The number of nitrogens with zero attached hydrogens (tertiary/aromatic N) is 1. The molecule has 0 aliphatic heterocycles. The number of sulfonamides is 1. The van der Waals surface area contributed by atoms with Gasteiger partial charge in [-0.25, -0.2) is 8.42 Å². The van der Waals surface area contributed by atoms with Crippen LogP contribution in [0.5, 0.6) is 0 Å². The third-order valence-corrected chi connectivity index (χ3v) is 5.90. The SMILES string of the molecule is Cc1ccc([C@@H](C)NC(=O)[C@H](C)N(c2cc(Cl)ccc2C)S(C)(=O)=O)cc1. The Kier molecular flexibility index (Phi) is 6.54. The van der Waals surface area contributed by atoms with E-state index in [0.717, 1.165) is 27.3 Å². The highest BCUT2D eigenvalue weighted by molar-refractivity contribution is 7.92. The smallest absolute Gasteiger partial charge is 0.244 e. The molecule has 0 bridgehead atoms. The highest BCUT2D eigenvalue weighted by Crippen LogP contribution is 2.28. The summed E-state index contributed by atoms with van der Waals surface area (Å²) in [7, 11) is -3.69. The van der Waals surface area contributed by atoms with E-state index in [1.807, 2.05) is 38.1 Å². The van der Waals surface area contributed by atoms with E-state index in [1.54, 1.807) is 32.0 Å². The van der Waals surface area contributed by atoms with Gasteiger partial charge in [0.25, 0.3) is 0 Å². The maximum atomic E-state index is 12.8. The zero-order valence-corrected chi connectivity index (χ0v) is 17.7. The summed E-state index contributed by atoms with van der Waals surface area (Å²) in [6.45, 7) is 7.21. The summed E-state index contributed by atoms with van der Waals surface area (Å²) in [5.74, 6) is -0.382. The molecule has 1 N–H and O–H groups in total. The number of aryl methyl sites for hydroxylation is 2. The minimum absolute atomic E-state index is 0.248. The van der Waals surface area contributed by atoms with Crippen molar-refractivity contribution in [2.24, 2.45) is 0 Å². The average molecular weight is 409 g/mol. The largest absolute Gasteiger partial charge is 0.348 e. The molecule has 0 fully saturated rings. The molecule has 0 aliphatic rings. The van der Waals surface area contributed by atoms with Gasteiger partial charge in [-0.05, 0) is 51.0 Å². The number of carbonyl (C=O) groups is 1. The Balaban J connectivity index is 2.30. The standard InChI is InChI=1S/C20H25ClN2O3S/c1-13-6-9-17(10-7-13)15(3)22-20(24)16(4)23(27(5,25)26)19-12-18(21)11-8-14(19)2/h6-12,15-16H,1-5H3,(H,22,24)/t15-,16+/m1/s1. The Bertz CT molecular complexity index is 927. The lowest BCUT2D eigenvalue weighted by molar-refractivity contribution is -0.122. The molecule has 0 saturated carbocycles. The molecule has 0 aromatic heterocycles. The second kappa shape index (κ2) is 8.31. The van der Waals surface area contributed by atoms with Gasteiger partial charge in [-0.2, -0.15) is 0 Å². The van der Waals surface area contributed by atoms with E-state index in [1.165, 1.54) is 0 Å². The van der Waals surface area contributed by atoms with Crippen LogP contribution in [0.2, 0.25) is 5.02 Å². The molecule has 0 spiro atoms. The first kappa shape index (κ1) is 21.3. The Morgan fingerprint density at radius 2 is 1.67 bits per heavy atom. The van der Waals surface area contributed by atoms with E-state index >= 15 is 0 Å². The van der Waals surface area contributed by atoms with Crippen LogP contribution < -0.4 is 9.62 Å². The zero-order chi connectivity index (χ0) is 20.4. The molecule has 7 heteroatoms. The fourth-order valence-electron chi connectivity index (χ4n) is 2.87. The number of benzene rings is 2. The van der Waals surface area contributed by atoms with E-state index in [2.05, 4.69) is 5.32 Å². The van der Waals surface area contributed by atoms with Gasteiger partial charge in [0, 0.05) is 5.02 Å². The quantitative estimate of drug-likeness (QED) is 0.785. The molecular formula is C20H25ClN2O3S. The van der Waals surface area contributed by atoms with E-state index in [9.17, 15) is 13.2 Å². The fraction of sp³-hybridized carbons (Fsp3) is 0.350. The Morgan fingerprint density at radius 3 is 2.22 bits per heavy atom. The van der Waals surface area contributed by atoms with Crippen LogP contribution in [-0.2, 0) is 14.8 Å². The van der Waals surface area contributed by atoms with Crippen LogP contribution in [-0.4, -0.2) is 26.6 Å². The van der Waals surface area contributed by atoms with E-state index in [-0.39, 0.29) is 11.9 Å². The number of nitrogens with one attached hydrogen (secondary N) is 1. The molecule has 1 amide bonds. The van der Waals surface area contributed by atoms with Gasteiger partial charge in [0.05, 0.1) is 18.0 Å². The number of carbonyl (C=O) groups excluding carboxylic acids is 1. The molecule has 0 saturated heterocycles. The number of rotatable bonds is 6. The third-order valence-electron chi connectivity index (χ3n) is 4.43. The van der Waals surface area contributed by atoms with Crippen LogP contribution in [0.3, 0.4) is 0 Å². The van der Waals surface area contributed by atoms with Gasteiger partial charge in [0.2, 0.25) is 15.9 Å². The summed E-state index contributed by atoms with van der Waals surface area (Å²) < 4.78 is 26.0. The van der Waals surface area contributed by atoms with Crippen LogP contribution in [0.4, 0.5) is 5.69 Å². The Labute approximate surface area is 166 Å². The number of hydrogen-bond acceptors (Lipinski definition) is 3. The number of hydrogen-bond donors (Lipinski definition) is 1. The van der Waals surface area contributed by atoms with Gasteiger partial charge in [0.1, 0.15) is 6.04 Å². The van der Waals surface area contributed by atoms with Gasteiger partial charge in [-0.15, -0.1) is 0 Å². The molecule has 0 unspecified atom stereocenters. The first-order chi connectivity index (χ1) is 12.5. The molecule has 2 rings (SSSR count). The summed E-state index contributed by atoms with van der Waals surface area (Å²) in [6.07, 6.45) is 1.08. The molecule has 5 nitrogen and oxygen atoms in total.